The molecule has 1 atom stereocenters. The third-order valence-corrected chi connectivity index (χ3v) is 6.45. The van der Waals surface area contributed by atoms with Gasteiger partial charge in [-0.2, -0.15) is 0 Å². The molecule has 0 aliphatic carbocycles. The van der Waals surface area contributed by atoms with Crippen LogP contribution in [0.2, 0.25) is 0 Å². The van der Waals surface area contributed by atoms with E-state index in [9.17, 15) is 14.4 Å². The first kappa shape index (κ1) is 23.5. The number of rotatable bonds is 5. The molecule has 178 valence electrons. The molecular formula is C27H32N4O3. The highest BCUT2D eigenvalue weighted by atomic mass is 16.2. The van der Waals surface area contributed by atoms with Gasteiger partial charge >= 0.3 is 0 Å². The smallest absolute Gasteiger partial charge is 0.227 e. The van der Waals surface area contributed by atoms with Crippen molar-refractivity contribution in [1.29, 1.82) is 0 Å². The molecule has 1 saturated heterocycles. The maximum atomic E-state index is 13.1. The van der Waals surface area contributed by atoms with Crippen molar-refractivity contribution in [3.05, 3.63) is 71.9 Å². The second-order valence-corrected chi connectivity index (χ2v) is 8.85. The lowest BCUT2D eigenvalue weighted by Gasteiger charge is -2.23. The third kappa shape index (κ3) is 6.25. The summed E-state index contributed by atoms with van der Waals surface area (Å²) in [6.45, 7) is 1.87. The molecule has 1 aliphatic rings. The van der Waals surface area contributed by atoms with E-state index in [4.69, 9.17) is 0 Å². The summed E-state index contributed by atoms with van der Waals surface area (Å²) < 4.78 is 0. The Morgan fingerprint density at radius 3 is 2.65 bits per heavy atom. The molecular weight excluding hydrogens is 428 g/mol. The lowest BCUT2D eigenvalue weighted by Crippen LogP contribution is -2.36. The quantitative estimate of drug-likeness (QED) is 0.546. The Morgan fingerprint density at radius 2 is 1.79 bits per heavy atom. The summed E-state index contributed by atoms with van der Waals surface area (Å²) in [5.74, 6) is -0.293. The SMILES string of the molecule is O=C1CCN(C(=O)Cc2c[nH]c3ccccc23)CCCC(C(=O)NCc2ccccc2)CCN1. The third-order valence-electron chi connectivity index (χ3n) is 6.45. The molecule has 34 heavy (non-hydrogen) atoms. The molecule has 1 fully saturated rings. The van der Waals surface area contributed by atoms with Crippen molar-refractivity contribution in [3.8, 4) is 0 Å². The zero-order valence-electron chi connectivity index (χ0n) is 19.4. The summed E-state index contributed by atoms with van der Waals surface area (Å²) in [4.78, 5) is 43.3. The molecule has 0 spiro atoms. The second kappa shape index (κ2) is 11.5. The van der Waals surface area contributed by atoms with Crippen LogP contribution in [-0.4, -0.2) is 47.2 Å². The van der Waals surface area contributed by atoms with E-state index in [1.54, 1.807) is 4.90 Å². The fourth-order valence-corrected chi connectivity index (χ4v) is 4.49. The zero-order valence-corrected chi connectivity index (χ0v) is 19.4. The van der Waals surface area contributed by atoms with Crippen molar-refractivity contribution in [2.24, 2.45) is 5.92 Å². The molecule has 0 radical (unpaired) electrons. The Bertz CT molecular complexity index is 1130. The molecule has 1 aromatic heterocycles. The molecule has 0 saturated carbocycles. The highest BCUT2D eigenvalue weighted by Gasteiger charge is 2.22. The average molecular weight is 461 g/mol. The van der Waals surface area contributed by atoms with Crippen molar-refractivity contribution in [1.82, 2.24) is 20.5 Å². The van der Waals surface area contributed by atoms with Crippen LogP contribution in [0.25, 0.3) is 10.9 Å². The number of aromatic nitrogens is 1. The van der Waals surface area contributed by atoms with Gasteiger partial charge in [-0.3, -0.25) is 14.4 Å². The summed E-state index contributed by atoms with van der Waals surface area (Å²) >= 11 is 0. The van der Waals surface area contributed by atoms with Crippen LogP contribution in [0.3, 0.4) is 0 Å². The van der Waals surface area contributed by atoms with E-state index in [1.165, 1.54) is 0 Å². The number of nitrogens with zero attached hydrogens (tertiary/aromatic N) is 1. The van der Waals surface area contributed by atoms with Gasteiger partial charge in [0.2, 0.25) is 17.7 Å². The minimum atomic E-state index is -0.201. The van der Waals surface area contributed by atoms with Crippen LogP contribution in [-0.2, 0) is 27.3 Å². The van der Waals surface area contributed by atoms with Gasteiger partial charge in [0.15, 0.2) is 0 Å². The first-order chi connectivity index (χ1) is 16.6. The molecule has 3 N–H and O–H groups in total. The number of nitrogens with one attached hydrogen (secondary N) is 3. The van der Waals surface area contributed by atoms with Crippen LogP contribution in [0, 0.1) is 5.92 Å². The van der Waals surface area contributed by atoms with E-state index in [2.05, 4.69) is 15.6 Å². The zero-order chi connectivity index (χ0) is 23.8. The van der Waals surface area contributed by atoms with Gasteiger partial charge in [-0.05, 0) is 36.5 Å². The highest BCUT2D eigenvalue weighted by Crippen LogP contribution is 2.20. The number of para-hydroxylation sites is 1. The summed E-state index contributed by atoms with van der Waals surface area (Å²) in [5.41, 5.74) is 3.01. The molecule has 0 bridgehead atoms. The van der Waals surface area contributed by atoms with Crippen LogP contribution in [0.5, 0.6) is 0 Å². The molecule has 2 heterocycles. The first-order valence-corrected chi connectivity index (χ1v) is 12.0. The molecule has 7 heteroatoms. The van der Waals surface area contributed by atoms with Crippen molar-refractivity contribution in [2.45, 2.75) is 38.6 Å². The van der Waals surface area contributed by atoms with Gasteiger partial charge in [-0.1, -0.05) is 48.5 Å². The lowest BCUT2D eigenvalue weighted by molar-refractivity contribution is -0.131. The number of fused-ring (bicyclic) bond motifs is 1. The molecule has 4 rings (SSSR count). The predicted octanol–water partition coefficient (Wildman–Crippen LogP) is 3.16. The van der Waals surface area contributed by atoms with Gasteiger partial charge in [-0.25, -0.2) is 0 Å². The number of H-pyrrole nitrogens is 1. The lowest BCUT2D eigenvalue weighted by atomic mass is 9.97. The maximum absolute atomic E-state index is 13.1. The topological polar surface area (TPSA) is 94.3 Å². The molecule has 1 aliphatic heterocycles. The van der Waals surface area contributed by atoms with Crippen LogP contribution in [0.15, 0.2) is 60.8 Å². The summed E-state index contributed by atoms with van der Waals surface area (Å²) in [6.07, 6.45) is 4.42. The van der Waals surface area contributed by atoms with Crippen molar-refractivity contribution < 1.29 is 14.4 Å². The van der Waals surface area contributed by atoms with Crippen LogP contribution in [0.4, 0.5) is 0 Å². The van der Waals surface area contributed by atoms with E-state index in [-0.39, 0.29) is 36.5 Å². The highest BCUT2D eigenvalue weighted by molar-refractivity contribution is 5.89. The van der Waals surface area contributed by atoms with Gasteiger partial charge in [0.25, 0.3) is 0 Å². The monoisotopic (exact) mass is 460 g/mol. The van der Waals surface area contributed by atoms with Gasteiger partial charge in [0.1, 0.15) is 0 Å². The van der Waals surface area contributed by atoms with E-state index < -0.39 is 0 Å². The van der Waals surface area contributed by atoms with Crippen LogP contribution < -0.4 is 10.6 Å². The number of amides is 3. The van der Waals surface area contributed by atoms with Gasteiger partial charge in [-0.15, -0.1) is 0 Å². The van der Waals surface area contributed by atoms with E-state index in [0.717, 1.165) is 28.5 Å². The Kier molecular flexibility index (Phi) is 7.96. The Labute approximate surface area is 199 Å². The van der Waals surface area contributed by atoms with Gasteiger partial charge in [0, 0.05) is 55.6 Å². The number of hydrogen-bond acceptors (Lipinski definition) is 3. The standard InChI is InChI=1S/C27H32N4O3/c32-25-13-16-31(26(33)17-22-19-29-24-11-5-4-10-23(22)24)15-6-9-21(12-14-28-25)27(34)30-18-20-7-2-1-3-8-20/h1-5,7-8,10-11,19,21,29H,6,9,12-18H2,(H,28,32)(H,30,34). The van der Waals surface area contributed by atoms with E-state index in [0.29, 0.717) is 39.0 Å². The minimum absolute atomic E-state index is 0.00174. The number of carbonyl (C=O) groups excluding carboxylic acids is 3. The van der Waals surface area contributed by atoms with E-state index in [1.807, 2.05) is 60.8 Å². The second-order valence-electron chi connectivity index (χ2n) is 8.85. The molecule has 1 unspecified atom stereocenters. The average Bonchev–Trinajstić information content (AvgIpc) is 3.24. The van der Waals surface area contributed by atoms with Gasteiger partial charge < -0.3 is 20.5 Å². The van der Waals surface area contributed by atoms with Crippen molar-refractivity contribution in [2.75, 3.05) is 19.6 Å². The summed E-state index contributed by atoms with van der Waals surface area (Å²) in [7, 11) is 0. The Hall–Kier alpha value is -3.61. The molecule has 2 aromatic carbocycles. The van der Waals surface area contributed by atoms with E-state index >= 15 is 0 Å². The van der Waals surface area contributed by atoms with Crippen LogP contribution >= 0.6 is 0 Å². The fourth-order valence-electron chi connectivity index (χ4n) is 4.49. The fraction of sp³-hybridized carbons (Fsp3) is 0.370. The normalized spacial score (nSPS) is 17.6. The molecule has 3 amide bonds. The Morgan fingerprint density at radius 1 is 1.00 bits per heavy atom. The number of carbonyl (C=O) groups is 3. The summed E-state index contributed by atoms with van der Waals surface area (Å²) in [5, 5.41) is 6.97. The van der Waals surface area contributed by atoms with Crippen LogP contribution in [0.1, 0.15) is 36.8 Å². The number of benzene rings is 2. The van der Waals surface area contributed by atoms with Gasteiger partial charge in [0.05, 0.1) is 6.42 Å². The largest absolute Gasteiger partial charge is 0.361 e. The number of aromatic amines is 1. The molecule has 3 aromatic rings. The maximum Gasteiger partial charge on any atom is 0.227 e. The first-order valence-electron chi connectivity index (χ1n) is 12.0. The van der Waals surface area contributed by atoms with Crippen molar-refractivity contribution in [3.63, 3.8) is 0 Å². The van der Waals surface area contributed by atoms with Crippen molar-refractivity contribution >= 4 is 28.6 Å². The Balaban J connectivity index is 1.37. The minimum Gasteiger partial charge on any atom is -0.361 e. The molecule has 7 nitrogen and oxygen atoms in total. The summed E-state index contributed by atoms with van der Waals surface area (Å²) in [6, 6.07) is 17.7. The predicted molar refractivity (Wildman–Crippen MR) is 132 cm³/mol. The number of hydrogen-bond donors (Lipinski definition) is 3.